The highest BCUT2D eigenvalue weighted by atomic mass is 32.2. The first-order valence-corrected chi connectivity index (χ1v) is 13.5. The van der Waals surface area contributed by atoms with Gasteiger partial charge in [-0.05, 0) is 61.3 Å². The topological polar surface area (TPSA) is 96.3 Å². The van der Waals surface area contributed by atoms with Crippen molar-refractivity contribution < 1.29 is 10.1 Å². The largest absolute Gasteiger partial charge is 0.390 e. The van der Waals surface area contributed by atoms with E-state index in [9.17, 15) is 4.79 Å². The van der Waals surface area contributed by atoms with E-state index in [2.05, 4.69) is 18.7 Å². The minimum atomic E-state index is -0.0111. The third-order valence-electron chi connectivity index (χ3n) is 6.72. The molecule has 186 valence electrons. The summed E-state index contributed by atoms with van der Waals surface area (Å²) in [6.07, 6.45) is 6.86. The van der Waals surface area contributed by atoms with Crippen LogP contribution in [0.15, 0.2) is 34.1 Å². The zero-order valence-corrected chi connectivity index (χ0v) is 22.2. The normalized spacial score (nSPS) is 15.8. The first kappa shape index (κ1) is 25.2. The van der Waals surface area contributed by atoms with Gasteiger partial charge in [0, 0.05) is 36.3 Å². The van der Waals surface area contributed by atoms with Gasteiger partial charge in [-0.3, -0.25) is 14.8 Å². The highest BCUT2D eigenvalue weighted by Crippen LogP contribution is 2.37. The van der Waals surface area contributed by atoms with Gasteiger partial charge in [0.2, 0.25) is 5.90 Å². The van der Waals surface area contributed by atoms with E-state index in [1.54, 1.807) is 11.8 Å². The number of rotatable bonds is 5. The number of pyridine rings is 1. The molecule has 1 saturated carbocycles. The lowest BCUT2D eigenvalue weighted by atomic mass is 9.96. The third-order valence-corrected chi connectivity index (χ3v) is 7.49. The van der Waals surface area contributed by atoms with Crippen LogP contribution in [0.5, 0.6) is 0 Å². The van der Waals surface area contributed by atoms with Gasteiger partial charge in [0.05, 0.1) is 6.42 Å². The molecule has 8 heteroatoms. The number of amidine groups is 1. The van der Waals surface area contributed by atoms with Gasteiger partial charge in [0.15, 0.2) is 5.17 Å². The number of nitrogens with zero attached hydrogens (tertiary/aromatic N) is 3. The van der Waals surface area contributed by atoms with Crippen molar-refractivity contribution in [1.82, 2.24) is 9.47 Å². The predicted octanol–water partition coefficient (Wildman–Crippen LogP) is 4.28. The Morgan fingerprint density at radius 2 is 1.97 bits per heavy atom. The molecular weight excluding hydrogens is 458 g/mol. The van der Waals surface area contributed by atoms with E-state index in [-0.39, 0.29) is 17.5 Å². The van der Waals surface area contributed by atoms with Crippen molar-refractivity contribution in [1.29, 1.82) is 5.41 Å². The maximum Gasteiger partial charge on any atom is 0.340 e. The van der Waals surface area contributed by atoms with Gasteiger partial charge in [-0.25, -0.2) is 10.4 Å². The van der Waals surface area contributed by atoms with E-state index in [0.717, 1.165) is 53.4 Å². The minimum Gasteiger partial charge on any atom is -0.390 e. The Balaban J connectivity index is 1.81. The molecule has 4 rings (SSSR count). The van der Waals surface area contributed by atoms with E-state index >= 15 is 0 Å². The van der Waals surface area contributed by atoms with Crippen LogP contribution >= 0.6 is 11.8 Å². The van der Waals surface area contributed by atoms with Crippen molar-refractivity contribution in [3.05, 3.63) is 51.3 Å². The van der Waals surface area contributed by atoms with Gasteiger partial charge in [0.1, 0.15) is 5.82 Å². The number of hydrogen-bond donors (Lipinski definition) is 2. The van der Waals surface area contributed by atoms with Crippen LogP contribution in [0.3, 0.4) is 0 Å². The summed E-state index contributed by atoms with van der Waals surface area (Å²) in [6.45, 7) is 6.81. The highest BCUT2D eigenvalue weighted by Gasteiger charge is 2.28. The third kappa shape index (κ3) is 5.22. The molecule has 2 aliphatic rings. The molecule has 0 bridgehead atoms. The number of aliphatic imine (C=N–C) groups is 1. The van der Waals surface area contributed by atoms with Crippen LogP contribution in [0.25, 0.3) is 11.1 Å². The van der Waals surface area contributed by atoms with Crippen LogP contribution in [0.4, 0.5) is 5.82 Å². The predicted molar refractivity (Wildman–Crippen MR) is 145 cm³/mol. The van der Waals surface area contributed by atoms with Crippen molar-refractivity contribution in [2.75, 3.05) is 13.3 Å². The molecule has 1 aromatic carbocycles. The monoisotopic (exact) mass is 494 g/mol. The molecular formula is C27H36N5O2S+. The molecule has 0 amide bonds. The van der Waals surface area contributed by atoms with Crippen LogP contribution < -0.4 is 11.0 Å². The summed E-state index contributed by atoms with van der Waals surface area (Å²) in [5.41, 5.74) is 4.09. The SMILES string of the molecule is CSC1=Nc2c(cc(-c3cc(C(=N)OC(=[NH2+])CC(C)C)ccc3C)c(=O)n2C2CCCC2)CN1C. The first-order valence-electron chi connectivity index (χ1n) is 12.3. The van der Waals surface area contributed by atoms with Gasteiger partial charge < -0.3 is 9.64 Å². The van der Waals surface area contributed by atoms with Gasteiger partial charge in [-0.15, -0.1) is 0 Å². The fraction of sp³-hybridized carbons (Fsp3) is 0.481. The number of hydrogen-bond acceptors (Lipinski definition) is 6. The Morgan fingerprint density at radius 1 is 1.26 bits per heavy atom. The molecule has 0 radical (unpaired) electrons. The van der Waals surface area contributed by atoms with Crippen molar-refractivity contribution in [3.63, 3.8) is 0 Å². The van der Waals surface area contributed by atoms with Gasteiger partial charge in [-0.1, -0.05) is 44.5 Å². The van der Waals surface area contributed by atoms with E-state index in [1.165, 1.54) is 0 Å². The Labute approximate surface area is 211 Å². The average Bonchev–Trinajstić information content (AvgIpc) is 3.32. The quantitative estimate of drug-likeness (QED) is 0.479. The van der Waals surface area contributed by atoms with Gasteiger partial charge >= 0.3 is 5.90 Å². The molecule has 0 unspecified atom stereocenters. The van der Waals surface area contributed by atoms with E-state index in [0.29, 0.717) is 35.9 Å². The summed E-state index contributed by atoms with van der Waals surface area (Å²) < 4.78 is 7.56. The Hall–Kier alpha value is -2.87. The lowest BCUT2D eigenvalue weighted by Crippen LogP contribution is -2.43. The molecule has 2 heterocycles. The Morgan fingerprint density at radius 3 is 2.63 bits per heavy atom. The molecule has 35 heavy (non-hydrogen) atoms. The Bertz CT molecular complexity index is 1240. The van der Waals surface area contributed by atoms with Crippen LogP contribution in [0.2, 0.25) is 0 Å². The molecule has 2 aromatic rings. The summed E-state index contributed by atoms with van der Waals surface area (Å²) in [5, 5.41) is 15.4. The zero-order valence-electron chi connectivity index (χ0n) is 21.4. The molecule has 1 aromatic heterocycles. The second-order valence-corrected chi connectivity index (χ2v) is 10.8. The highest BCUT2D eigenvalue weighted by molar-refractivity contribution is 8.13. The average molecular weight is 495 g/mol. The molecule has 0 saturated heterocycles. The maximum absolute atomic E-state index is 14.0. The van der Waals surface area contributed by atoms with Crippen molar-refractivity contribution in [2.45, 2.75) is 65.5 Å². The van der Waals surface area contributed by atoms with E-state index < -0.39 is 0 Å². The molecule has 7 nitrogen and oxygen atoms in total. The number of nitrogens with two attached hydrogens (primary N) is 1. The summed E-state index contributed by atoms with van der Waals surface area (Å²) in [6, 6.07) is 7.83. The second kappa shape index (κ2) is 10.4. The molecule has 1 aliphatic carbocycles. The lowest BCUT2D eigenvalue weighted by Gasteiger charge is -2.29. The summed E-state index contributed by atoms with van der Waals surface area (Å²) in [5.74, 6) is 1.46. The lowest BCUT2D eigenvalue weighted by molar-refractivity contribution is -0.136. The molecule has 3 N–H and O–H groups in total. The van der Waals surface area contributed by atoms with Crippen molar-refractivity contribution >= 4 is 34.5 Å². The standard InChI is InChI=1S/C27H35N5O2S/c1-16(2)12-23(28)34-24(29)18-11-10-17(3)21(13-18)22-14-19-15-31(4)27(35-5)30-25(19)32(26(22)33)20-8-6-7-9-20/h10-11,13-14,16,20,28-29H,6-9,12,15H2,1-5H3/p+1. The number of aromatic nitrogens is 1. The van der Waals surface area contributed by atoms with Crippen LogP contribution in [0.1, 0.15) is 68.7 Å². The summed E-state index contributed by atoms with van der Waals surface area (Å²) >= 11 is 1.60. The number of thioether (sulfide) groups is 1. The second-order valence-electron chi connectivity index (χ2n) is 10.0. The Kier molecular flexibility index (Phi) is 7.50. The van der Waals surface area contributed by atoms with Gasteiger partial charge in [0.25, 0.3) is 5.56 Å². The smallest absolute Gasteiger partial charge is 0.340 e. The van der Waals surface area contributed by atoms with E-state index in [1.807, 2.05) is 49.1 Å². The molecule has 0 spiro atoms. The number of fused-ring (bicyclic) bond motifs is 1. The molecule has 1 aliphatic heterocycles. The van der Waals surface area contributed by atoms with Crippen molar-refractivity contribution in [2.24, 2.45) is 10.9 Å². The van der Waals surface area contributed by atoms with Crippen LogP contribution in [0, 0.1) is 18.3 Å². The summed E-state index contributed by atoms with van der Waals surface area (Å²) in [7, 11) is 2.03. The van der Waals surface area contributed by atoms with Gasteiger partial charge in [-0.2, -0.15) is 0 Å². The number of ether oxygens (including phenoxy) is 1. The fourth-order valence-corrected chi connectivity index (χ4v) is 5.56. The van der Waals surface area contributed by atoms with Crippen LogP contribution in [-0.2, 0) is 11.3 Å². The molecule has 0 atom stereocenters. The summed E-state index contributed by atoms with van der Waals surface area (Å²) in [4.78, 5) is 21.0. The van der Waals surface area contributed by atoms with E-state index in [4.69, 9.17) is 20.5 Å². The number of benzene rings is 1. The fourth-order valence-electron chi connectivity index (χ4n) is 5.01. The first-order chi connectivity index (χ1) is 16.7. The van der Waals surface area contributed by atoms with Crippen LogP contribution in [-0.4, -0.2) is 39.7 Å². The minimum absolute atomic E-state index is 0.00701. The zero-order chi connectivity index (χ0) is 25.3. The number of aryl methyl sites for hydroxylation is 1. The van der Waals surface area contributed by atoms with Crippen molar-refractivity contribution in [3.8, 4) is 11.1 Å². The number of nitrogens with one attached hydrogen (secondary N) is 1. The maximum atomic E-state index is 14.0. The molecule has 1 fully saturated rings.